The van der Waals surface area contributed by atoms with E-state index in [9.17, 15) is 70.2 Å². The summed E-state index contributed by atoms with van der Waals surface area (Å²) in [6.07, 6.45) is -2.75. The van der Waals surface area contributed by atoms with Gasteiger partial charge in [0.25, 0.3) is 0 Å². The van der Waals surface area contributed by atoms with E-state index < -0.39 is 66.8 Å². The summed E-state index contributed by atoms with van der Waals surface area (Å²) in [6, 6.07) is 0. The van der Waals surface area contributed by atoms with Crippen LogP contribution in [0.25, 0.3) is 0 Å². The van der Waals surface area contributed by atoms with E-state index in [1.807, 2.05) is 0 Å². The predicted molar refractivity (Wildman–Crippen MR) is 80.0 cm³/mol. The third-order valence-corrected chi connectivity index (χ3v) is 4.68. The van der Waals surface area contributed by atoms with Gasteiger partial charge in [-0.3, -0.25) is 0 Å². The minimum atomic E-state index is -8.44. The van der Waals surface area contributed by atoms with Crippen molar-refractivity contribution in [1.29, 1.82) is 0 Å². The Balaban J connectivity index is 6.31. The van der Waals surface area contributed by atoms with E-state index in [2.05, 4.69) is 0 Å². The van der Waals surface area contributed by atoms with Crippen LogP contribution in [-0.4, -0.2) is 59.1 Å². The number of halogens is 16. The van der Waals surface area contributed by atoms with Crippen molar-refractivity contribution in [2.75, 3.05) is 6.61 Å². The smallest absolute Gasteiger partial charge is 0.385 e. The van der Waals surface area contributed by atoms with Crippen LogP contribution in [-0.2, 0) is 0 Å². The van der Waals surface area contributed by atoms with E-state index in [4.69, 9.17) is 5.11 Å². The predicted octanol–water partition coefficient (Wildman–Crippen LogP) is 7.42. The highest BCUT2D eigenvalue weighted by Gasteiger charge is 2.94. The molecule has 0 saturated carbocycles. The van der Waals surface area contributed by atoms with Crippen molar-refractivity contribution in [2.24, 2.45) is 0 Å². The topological polar surface area (TPSA) is 20.2 Å². The number of rotatable bonds is 14. The van der Waals surface area contributed by atoms with Gasteiger partial charge in [-0.15, -0.1) is 0 Å². The molecule has 200 valence electrons. The van der Waals surface area contributed by atoms with Crippen molar-refractivity contribution < 1.29 is 75.4 Å². The highest BCUT2D eigenvalue weighted by molar-refractivity contribution is 5.15. The number of alkyl halides is 16. The highest BCUT2D eigenvalue weighted by atomic mass is 19.4. The monoisotopic (exact) mass is 530 g/mol. The molecule has 0 rings (SSSR count). The molecule has 0 aliphatic carbocycles. The van der Waals surface area contributed by atoms with Crippen LogP contribution in [0.5, 0.6) is 0 Å². The summed E-state index contributed by atoms with van der Waals surface area (Å²) in [5.41, 5.74) is 0. The maximum atomic E-state index is 13.6. The second kappa shape index (κ2) is 9.47. The summed E-state index contributed by atoms with van der Waals surface area (Å²) in [5.74, 6) is -61.3. The summed E-state index contributed by atoms with van der Waals surface area (Å²) < 4.78 is 214. The molecule has 1 nitrogen and oxygen atoms in total. The van der Waals surface area contributed by atoms with Crippen LogP contribution in [0.1, 0.15) is 45.4 Å². The zero-order valence-electron chi connectivity index (χ0n) is 16.4. The molecule has 0 fully saturated rings. The minimum Gasteiger partial charge on any atom is -0.390 e. The standard InChI is InChI=1S/C16H18F16O/c1-2-3-4-5-6-7-9(17,18)11(21,22)13(25,26)15(29,30)16(31,32)14(27,28)12(23,24)10(19,20)8-33/h33H,2-8H2,1H3. The maximum absolute atomic E-state index is 13.6. The largest absolute Gasteiger partial charge is 0.390 e. The van der Waals surface area contributed by atoms with E-state index in [-0.39, 0.29) is 12.8 Å². The molecule has 0 atom stereocenters. The van der Waals surface area contributed by atoms with Crippen LogP contribution in [0.4, 0.5) is 70.2 Å². The van der Waals surface area contributed by atoms with Crippen LogP contribution in [0.15, 0.2) is 0 Å². The van der Waals surface area contributed by atoms with Crippen LogP contribution >= 0.6 is 0 Å². The third-order valence-electron chi connectivity index (χ3n) is 4.68. The second-order valence-electron chi connectivity index (χ2n) is 7.18. The van der Waals surface area contributed by atoms with Gasteiger partial charge in [-0.25, -0.2) is 0 Å². The Bertz CT molecular complexity index is 642. The van der Waals surface area contributed by atoms with E-state index in [1.165, 1.54) is 0 Å². The van der Waals surface area contributed by atoms with Gasteiger partial charge in [0.15, 0.2) is 0 Å². The van der Waals surface area contributed by atoms with Gasteiger partial charge in [-0.05, 0) is 6.42 Å². The lowest BCUT2D eigenvalue weighted by Gasteiger charge is -2.43. The fraction of sp³-hybridized carbons (Fsp3) is 1.00. The fourth-order valence-corrected chi connectivity index (χ4v) is 2.45. The lowest BCUT2D eigenvalue weighted by atomic mass is 9.86. The molecular weight excluding hydrogens is 512 g/mol. The number of hydrogen-bond acceptors (Lipinski definition) is 1. The van der Waals surface area contributed by atoms with Crippen LogP contribution in [0.2, 0.25) is 0 Å². The Morgan fingerprint density at radius 1 is 0.424 bits per heavy atom. The Morgan fingerprint density at radius 2 is 0.727 bits per heavy atom. The molecular formula is C16H18F16O. The highest BCUT2D eigenvalue weighted by Crippen LogP contribution is 2.64. The van der Waals surface area contributed by atoms with Gasteiger partial charge in [0.2, 0.25) is 0 Å². The van der Waals surface area contributed by atoms with Crippen LogP contribution in [0, 0.1) is 0 Å². The SMILES string of the molecule is CCCCCCCC(F)(F)C(F)(F)C(F)(F)C(F)(F)C(F)(F)C(F)(F)C(F)(F)C(F)(F)CO. The fourth-order valence-electron chi connectivity index (χ4n) is 2.45. The van der Waals surface area contributed by atoms with Crippen molar-refractivity contribution in [3.8, 4) is 0 Å². The first-order chi connectivity index (χ1) is 14.4. The number of aliphatic hydroxyl groups is 1. The Labute approximate surface area is 176 Å². The van der Waals surface area contributed by atoms with Gasteiger partial charge in [0.1, 0.15) is 6.61 Å². The summed E-state index contributed by atoms with van der Waals surface area (Å²) >= 11 is 0. The van der Waals surface area contributed by atoms with Gasteiger partial charge < -0.3 is 5.11 Å². The molecule has 0 aliphatic rings. The molecule has 0 heterocycles. The number of hydrogen-bond donors (Lipinski definition) is 1. The third kappa shape index (κ3) is 4.83. The molecule has 0 bridgehead atoms. The van der Waals surface area contributed by atoms with Crippen molar-refractivity contribution in [3.05, 3.63) is 0 Å². The van der Waals surface area contributed by atoms with Crippen LogP contribution in [0.3, 0.4) is 0 Å². The van der Waals surface area contributed by atoms with Crippen LogP contribution < -0.4 is 0 Å². The minimum absolute atomic E-state index is 0.0865. The van der Waals surface area contributed by atoms with Crippen molar-refractivity contribution >= 4 is 0 Å². The lowest BCUT2D eigenvalue weighted by molar-refractivity contribution is -0.454. The molecule has 17 heteroatoms. The van der Waals surface area contributed by atoms with E-state index in [1.54, 1.807) is 6.92 Å². The van der Waals surface area contributed by atoms with E-state index in [0.29, 0.717) is 12.8 Å². The number of unbranched alkanes of at least 4 members (excludes halogenated alkanes) is 4. The van der Waals surface area contributed by atoms with E-state index >= 15 is 0 Å². The molecule has 1 N–H and O–H groups in total. The molecule has 0 aliphatic heterocycles. The molecule has 0 spiro atoms. The van der Waals surface area contributed by atoms with Crippen molar-refractivity contribution in [2.45, 2.75) is 92.8 Å². The van der Waals surface area contributed by atoms with Gasteiger partial charge >= 0.3 is 47.4 Å². The quantitative estimate of drug-likeness (QED) is 0.183. The average molecular weight is 530 g/mol. The summed E-state index contributed by atoms with van der Waals surface area (Å²) in [7, 11) is 0. The normalized spacial score (nSPS) is 15.8. The van der Waals surface area contributed by atoms with Gasteiger partial charge in [0, 0.05) is 6.42 Å². The zero-order chi connectivity index (χ0) is 26.9. The molecule has 0 unspecified atom stereocenters. The molecule has 0 aromatic carbocycles. The lowest BCUT2D eigenvalue weighted by Crippen LogP contribution is -2.75. The zero-order valence-corrected chi connectivity index (χ0v) is 16.4. The average Bonchev–Trinajstić information content (AvgIpc) is 2.66. The van der Waals surface area contributed by atoms with Crippen molar-refractivity contribution in [3.63, 3.8) is 0 Å². The first-order valence-corrected chi connectivity index (χ1v) is 9.00. The van der Waals surface area contributed by atoms with Gasteiger partial charge in [-0.2, -0.15) is 70.2 Å². The van der Waals surface area contributed by atoms with Gasteiger partial charge in [0.05, 0.1) is 0 Å². The Morgan fingerprint density at radius 3 is 1.06 bits per heavy atom. The molecule has 0 aromatic heterocycles. The van der Waals surface area contributed by atoms with Gasteiger partial charge in [-0.1, -0.05) is 32.6 Å². The molecule has 0 radical (unpaired) electrons. The maximum Gasteiger partial charge on any atom is 0.385 e. The first kappa shape index (κ1) is 31.8. The summed E-state index contributed by atoms with van der Waals surface area (Å²) in [4.78, 5) is 0. The van der Waals surface area contributed by atoms with Crippen molar-refractivity contribution in [1.82, 2.24) is 0 Å². The molecule has 33 heavy (non-hydrogen) atoms. The summed E-state index contributed by atoms with van der Waals surface area (Å²) in [6.45, 7) is -1.78. The summed E-state index contributed by atoms with van der Waals surface area (Å²) in [5, 5.41) is 7.93. The number of aliphatic hydroxyl groups excluding tert-OH is 1. The Kier molecular flexibility index (Phi) is 9.14. The molecule has 0 saturated heterocycles. The first-order valence-electron chi connectivity index (χ1n) is 9.00. The van der Waals surface area contributed by atoms with E-state index in [0.717, 1.165) is 0 Å². The Hall–Kier alpha value is -1.16. The molecule has 0 aromatic rings. The second-order valence-corrected chi connectivity index (χ2v) is 7.18. The molecule has 0 amide bonds.